The van der Waals surface area contributed by atoms with Crippen molar-refractivity contribution in [2.45, 2.75) is 25.8 Å². The van der Waals surface area contributed by atoms with Crippen LogP contribution in [0, 0.1) is 0 Å². The lowest BCUT2D eigenvalue weighted by Gasteiger charge is -2.35. The van der Waals surface area contributed by atoms with Gasteiger partial charge >= 0.3 is 0 Å². The van der Waals surface area contributed by atoms with Crippen LogP contribution in [0.3, 0.4) is 0 Å². The van der Waals surface area contributed by atoms with Crippen molar-refractivity contribution in [2.24, 2.45) is 0 Å². The molecule has 1 aliphatic heterocycles. The quantitative estimate of drug-likeness (QED) is 0.804. The van der Waals surface area contributed by atoms with Crippen LogP contribution in [0.1, 0.15) is 25.0 Å². The molecule has 2 amide bonds. The molecule has 0 unspecified atom stereocenters. The van der Waals surface area contributed by atoms with Gasteiger partial charge < -0.3 is 15.1 Å². The van der Waals surface area contributed by atoms with Crippen molar-refractivity contribution < 1.29 is 9.59 Å². The molecular formula is C20H25N5O2. The number of carbonyl (C=O) groups is 2. The molecule has 7 heteroatoms. The number of aromatic nitrogens is 2. The highest BCUT2D eigenvalue weighted by atomic mass is 16.2. The molecule has 2 aromatic heterocycles. The maximum absolute atomic E-state index is 12.4. The van der Waals surface area contributed by atoms with Crippen molar-refractivity contribution in [1.82, 2.24) is 20.2 Å². The molecule has 7 nitrogen and oxygen atoms in total. The number of carbonyl (C=O) groups excluding carboxylic acids is 2. The molecule has 142 valence electrons. The lowest BCUT2D eigenvalue weighted by Crippen LogP contribution is -2.49. The zero-order chi connectivity index (χ0) is 18.9. The van der Waals surface area contributed by atoms with E-state index in [2.05, 4.69) is 20.2 Å². The van der Waals surface area contributed by atoms with Crippen molar-refractivity contribution in [1.29, 1.82) is 0 Å². The third-order valence-electron chi connectivity index (χ3n) is 4.59. The van der Waals surface area contributed by atoms with E-state index in [9.17, 15) is 9.59 Å². The summed E-state index contributed by atoms with van der Waals surface area (Å²) in [5, 5.41) is 2.84. The first-order valence-electron chi connectivity index (χ1n) is 9.33. The molecular weight excluding hydrogens is 342 g/mol. The summed E-state index contributed by atoms with van der Waals surface area (Å²) in [4.78, 5) is 36.8. The van der Waals surface area contributed by atoms with Gasteiger partial charge in [-0.2, -0.15) is 0 Å². The molecule has 0 aliphatic carbocycles. The zero-order valence-corrected chi connectivity index (χ0v) is 15.4. The SMILES string of the molecule is O=C(CCCC(=O)N1CCN(c2ccccn2)CC1)NCc1ccccn1. The molecule has 3 heterocycles. The third kappa shape index (κ3) is 5.77. The van der Waals surface area contributed by atoms with Gasteiger partial charge in [0.15, 0.2) is 0 Å². The number of rotatable bonds is 7. The normalized spacial score (nSPS) is 14.1. The molecule has 0 aromatic carbocycles. The molecule has 1 fully saturated rings. The van der Waals surface area contributed by atoms with Crippen LogP contribution >= 0.6 is 0 Å². The second-order valence-corrected chi connectivity index (χ2v) is 6.51. The molecule has 3 rings (SSSR count). The van der Waals surface area contributed by atoms with Crippen LogP contribution in [0.15, 0.2) is 48.8 Å². The molecule has 0 saturated carbocycles. The van der Waals surface area contributed by atoms with E-state index in [0.29, 0.717) is 38.9 Å². The van der Waals surface area contributed by atoms with Crippen molar-refractivity contribution >= 4 is 17.6 Å². The molecule has 27 heavy (non-hydrogen) atoms. The van der Waals surface area contributed by atoms with Gasteiger partial charge in [-0.3, -0.25) is 14.6 Å². The monoisotopic (exact) mass is 367 g/mol. The van der Waals surface area contributed by atoms with Crippen molar-refractivity contribution in [3.8, 4) is 0 Å². The van der Waals surface area contributed by atoms with E-state index in [1.165, 1.54) is 0 Å². The van der Waals surface area contributed by atoms with Crippen LogP contribution in [-0.4, -0.2) is 52.9 Å². The Bertz CT molecular complexity index is 731. The maximum atomic E-state index is 12.4. The molecule has 1 N–H and O–H groups in total. The van der Waals surface area contributed by atoms with Crippen molar-refractivity contribution in [3.63, 3.8) is 0 Å². The van der Waals surface area contributed by atoms with Crippen LogP contribution in [0.2, 0.25) is 0 Å². The summed E-state index contributed by atoms with van der Waals surface area (Å²) in [6.45, 7) is 3.38. The molecule has 0 atom stereocenters. The second-order valence-electron chi connectivity index (χ2n) is 6.51. The minimum atomic E-state index is -0.0478. The zero-order valence-electron chi connectivity index (χ0n) is 15.4. The Morgan fingerprint density at radius 2 is 1.67 bits per heavy atom. The molecule has 0 bridgehead atoms. The maximum Gasteiger partial charge on any atom is 0.222 e. The summed E-state index contributed by atoms with van der Waals surface area (Å²) in [6.07, 6.45) is 4.81. The summed E-state index contributed by atoms with van der Waals surface area (Å²) >= 11 is 0. The Hall–Kier alpha value is -2.96. The van der Waals surface area contributed by atoms with Crippen LogP contribution in [-0.2, 0) is 16.1 Å². The first-order chi connectivity index (χ1) is 13.2. The predicted octanol–water partition coefficient (Wildman–Crippen LogP) is 1.61. The molecule has 2 aromatic rings. The van der Waals surface area contributed by atoms with E-state index >= 15 is 0 Å². The molecule has 1 aliphatic rings. The average Bonchev–Trinajstić information content (AvgIpc) is 2.74. The third-order valence-corrected chi connectivity index (χ3v) is 4.59. The van der Waals surface area contributed by atoms with Crippen LogP contribution in [0.5, 0.6) is 0 Å². The summed E-state index contributed by atoms with van der Waals surface area (Å²) in [5.41, 5.74) is 0.827. The highest BCUT2D eigenvalue weighted by Crippen LogP contribution is 2.13. The van der Waals surface area contributed by atoms with E-state index < -0.39 is 0 Å². The summed E-state index contributed by atoms with van der Waals surface area (Å²) in [7, 11) is 0. The number of hydrogen-bond donors (Lipinski definition) is 1. The van der Waals surface area contributed by atoms with E-state index in [1.54, 1.807) is 12.4 Å². The van der Waals surface area contributed by atoms with Gasteiger partial charge in [0.05, 0.1) is 12.2 Å². The highest BCUT2D eigenvalue weighted by Gasteiger charge is 2.21. The number of piperazine rings is 1. The number of hydrogen-bond acceptors (Lipinski definition) is 5. The highest BCUT2D eigenvalue weighted by molar-refractivity contribution is 5.79. The van der Waals surface area contributed by atoms with Gasteiger partial charge in [0.1, 0.15) is 5.82 Å². The number of amides is 2. The van der Waals surface area contributed by atoms with Crippen LogP contribution < -0.4 is 10.2 Å². The van der Waals surface area contributed by atoms with Gasteiger partial charge in [-0.1, -0.05) is 12.1 Å². The summed E-state index contributed by atoms with van der Waals surface area (Å²) in [5.74, 6) is 1.02. The number of anilines is 1. The Labute approximate surface area is 159 Å². The van der Waals surface area contributed by atoms with Gasteiger partial charge in [-0.05, 0) is 30.7 Å². The van der Waals surface area contributed by atoms with E-state index in [1.807, 2.05) is 41.3 Å². The predicted molar refractivity (Wildman–Crippen MR) is 103 cm³/mol. The summed E-state index contributed by atoms with van der Waals surface area (Å²) < 4.78 is 0. The Morgan fingerprint density at radius 1 is 0.926 bits per heavy atom. The van der Waals surface area contributed by atoms with E-state index in [4.69, 9.17) is 0 Å². The van der Waals surface area contributed by atoms with E-state index in [-0.39, 0.29) is 11.8 Å². The smallest absolute Gasteiger partial charge is 0.222 e. The topological polar surface area (TPSA) is 78.4 Å². The fraction of sp³-hybridized carbons (Fsp3) is 0.400. The molecule has 1 saturated heterocycles. The first-order valence-corrected chi connectivity index (χ1v) is 9.33. The number of nitrogens with zero attached hydrogens (tertiary/aromatic N) is 4. The lowest BCUT2D eigenvalue weighted by atomic mass is 10.2. The Balaban J connectivity index is 1.32. The van der Waals surface area contributed by atoms with Crippen molar-refractivity contribution in [2.75, 3.05) is 31.1 Å². The van der Waals surface area contributed by atoms with Gasteiger partial charge in [-0.15, -0.1) is 0 Å². The number of pyridine rings is 2. The number of nitrogens with one attached hydrogen (secondary N) is 1. The Kier molecular flexibility index (Phi) is 6.73. The largest absolute Gasteiger partial charge is 0.353 e. The first kappa shape index (κ1) is 18.8. The minimum absolute atomic E-state index is 0.0478. The van der Waals surface area contributed by atoms with Crippen LogP contribution in [0.4, 0.5) is 5.82 Å². The van der Waals surface area contributed by atoms with Gasteiger partial charge in [0.25, 0.3) is 0 Å². The Morgan fingerprint density at radius 3 is 2.33 bits per heavy atom. The molecule has 0 spiro atoms. The van der Waals surface area contributed by atoms with E-state index in [0.717, 1.165) is 24.6 Å². The average molecular weight is 367 g/mol. The van der Waals surface area contributed by atoms with Crippen molar-refractivity contribution in [3.05, 3.63) is 54.5 Å². The van der Waals surface area contributed by atoms with Gasteiger partial charge in [-0.25, -0.2) is 4.98 Å². The van der Waals surface area contributed by atoms with Gasteiger partial charge in [0.2, 0.25) is 11.8 Å². The standard InChI is InChI=1S/C20H25N5O2/c26-19(23-16-17-6-1-3-10-21-17)8-5-9-20(27)25-14-12-24(13-15-25)18-7-2-4-11-22-18/h1-4,6-7,10-11H,5,8-9,12-16H2,(H,23,26). The fourth-order valence-corrected chi connectivity index (χ4v) is 3.06. The minimum Gasteiger partial charge on any atom is -0.353 e. The van der Waals surface area contributed by atoms with Crippen LogP contribution in [0.25, 0.3) is 0 Å². The summed E-state index contributed by atoms with van der Waals surface area (Å²) in [6, 6.07) is 11.5. The van der Waals surface area contributed by atoms with Gasteiger partial charge in [0, 0.05) is 51.4 Å². The second kappa shape index (κ2) is 9.66. The molecule has 0 radical (unpaired) electrons. The fourth-order valence-electron chi connectivity index (χ4n) is 3.06. The lowest BCUT2D eigenvalue weighted by molar-refractivity contribution is -0.131.